The highest BCUT2D eigenvalue weighted by atomic mass is 19.1. The lowest BCUT2D eigenvalue weighted by atomic mass is 9.71. The summed E-state index contributed by atoms with van der Waals surface area (Å²) in [5.41, 5.74) is 1.16. The number of ether oxygens (including phenoxy) is 1. The van der Waals surface area contributed by atoms with Gasteiger partial charge in [0.1, 0.15) is 17.2 Å². The van der Waals surface area contributed by atoms with Gasteiger partial charge in [0.15, 0.2) is 5.78 Å². The number of nitrogens with one attached hydrogen (secondary N) is 2. The van der Waals surface area contributed by atoms with Crippen LogP contribution in [-0.2, 0) is 11.2 Å². The quantitative estimate of drug-likeness (QED) is 0.826. The molecule has 29 heavy (non-hydrogen) atoms. The number of Topliss-reactive ketones (excluding diaryl/α,β-unsaturated/α-hetero) is 1. The second-order valence-corrected chi connectivity index (χ2v) is 7.86. The van der Waals surface area contributed by atoms with E-state index in [0.29, 0.717) is 48.2 Å². The Hall–Kier alpha value is -2.73. The number of carbonyl (C=O) groups excluding carboxylic acids is 2. The number of rotatable bonds is 4. The van der Waals surface area contributed by atoms with Crippen LogP contribution in [-0.4, -0.2) is 30.4 Å². The molecule has 1 unspecified atom stereocenters. The van der Waals surface area contributed by atoms with E-state index in [1.807, 2.05) is 6.07 Å². The SMILES string of the molecule is CC(=O)Nc1ccc2c(c1)OC1(CCNCC1)C(CCc1ccccc1F)C2=O. The zero-order valence-corrected chi connectivity index (χ0v) is 16.5. The Kier molecular flexibility index (Phi) is 5.37. The van der Waals surface area contributed by atoms with E-state index < -0.39 is 5.60 Å². The normalized spacial score (nSPS) is 20.1. The molecule has 0 bridgehead atoms. The van der Waals surface area contributed by atoms with Crippen molar-refractivity contribution in [3.8, 4) is 5.75 Å². The minimum atomic E-state index is -0.602. The van der Waals surface area contributed by atoms with Gasteiger partial charge in [0.05, 0.1) is 11.5 Å². The van der Waals surface area contributed by atoms with Crippen molar-refractivity contribution >= 4 is 17.4 Å². The molecule has 0 radical (unpaired) electrons. The van der Waals surface area contributed by atoms with Gasteiger partial charge in [0, 0.05) is 31.5 Å². The fraction of sp³-hybridized carbons (Fsp3) is 0.391. The summed E-state index contributed by atoms with van der Waals surface area (Å²) in [5.74, 6) is -0.185. The first-order valence-electron chi connectivity index (χ1n) is 10.1. The minimum Gasteiger partial charge on any atom is -0.486 e. The van der Waals surface area contributed by atoms with Crippen LogP contribution in [0, 0.1) is 11.7 Å². The molecule has 1 fully saturated rings. The van der Waals surface area contributed by atoms with Crippen molar-refractivity contribution < 1.29 is 18.7 Å². The fourth-order valence-electron chi connectivity index (χ4n) is 4.50. The highest BCUT2D eigenvalue weighted by Gasteiger charge is 2.49. The molecule has 152 valence electrons. The van der Waals surface area contributed by atoms with E-state index in [1.54, 1.807) is 30.3 Å². The number of piperidine rings is 1. The Morgan fingerprint density at radius 2 is 2.00 bits per heavy atom. The molecule has 0 aromatic heterocycles. The van der Waals surface area contributed by atoms with E-state index >= 15 is 0 Å². The number of benzene rings is 2. The molecule has 6 heteroatoms. The molecular weight excluding hydrogens is 371 g/mol. The van der Waals surface area contributed by atoms with Gasteiger partial charge in [-0.3, -0.25) is 9.59 Å². The summed E-state index contributed by atoms with van der Waals surface area (Å²) >= 11 is 0. The molecule has 0 aliphatic carbocycles. The third-order valence-corrected chi connectivity index (χ3v) is 5.94. The Morgan fingerprint density at radius 3 is 2.72 bits per heavy atom. The number of amides is 1. The monoisotopic (exact) mass is 396 g/mol. The molecule has 2 aliphatic heterocycles. The molecule has 1 amide bonds. The van der Waals surface area contributed by atoms with Crippen LogP contribution in [0.3, 0.4) is 0 Å². The Labute approximate surface area is 169 Å². The lowest BCUT2D eigenvalue weighted by molar-refractivity contribution is -0.114. The van der Waals surface area contributed by atoms with Crippen LogP contribution in [0.4, 0.5) is 10.1 Å². The first kappa shape index (κ1) is 19.6. The standard InChI is InChI=1S/C23H25FN2O3/c1-15(27)26-17-7-8-18-21(14-17)29-23(10-12-25-13-11-23)19(22(18)28)9-6-16-4-2-3-5-20(16)24/h2-5,7-8,14,19,25H,6,9-13H2,1H3,(H,26,27). The van der Waals surface area contributed by atoms with Crippen LogP contribution in [0.15, 0.2) is 42.5 Å². The first-order valence-corrected chi connectivity index (χ1v) is 10.1. The molecule has 2 aromatic carbocycles. The summed E-state index contributed by atoms with van der Waals surface area (Å²) in [4.78, 5) is 24.8. The van der Waals surface area contributed by atoms with E-state index in [4.69, 9.17) is 4.74 Å². The molecule has 0 saturated carbocycles. The summed E-state index contributed by atoms with van der Waals surface area (Å²) in [6.45, 7) is 2.98. The summed E-state index contributed by atoms with van der Waals surface area (Å²) in [6, 6.07) is 11.9. The van der Waals surface area contributed by atoms with E-state index in [2.05, 4.69) is 10.6 Å². The van der Waals surface area contributed by atoms with Crippen molar-refractivity contribution in [1.82, 2.24) is 5.32 Å². The first-order chi connectivity index (χ1) is 14.0. The molecule has 2 aliphatic rings. The van der Waals surface area contributed by atoms with Crippen LogP contribution >= 0.6 is 0 Å². The van der Waals surface area contributed by atoms with E-state index in [0.717, 1.165) is 13.1 Å². The maximum absolute atomic E-state index is 14.1. The van der Waals surface area contributed by atoms with Gasteiger partial charge >= 0.3 is 0 Å². The number of aryl methyl sites for hydroxylation is 1. The van der Waals surface area contributed by atoms with Crippen molar-refractivity contribution in [1.29, 1.82) is 0 Å². The van der Waals surface area contributed by atoms with Crippen LogP contribution < -0.4 is 15.4 Å². The smallest absolute Gasteiger partial charge is 0.221 e. The number of anilines is 1. The summed E-state index contributed by atoms with van der Waals surface area (Å²) < 4.78 is 20.6. The third kappa shape index (κ3) is 3.90. The van der Waals surface area contributed by atoms with Crippen molar-refractivity contribution in [2.45, 2.75) is 38.2 Å². The van der Waals surface area contributed by atoms with Gasteiger partial charge in [-0.2, -0.15) is 0 Å². The molecule has 4 rings (SSSR count). The number of carbonyl (C=O) groups is 2. The zero-order valence-electron chi connectivity index (χ0n) is 16.5. The van der Waals surface area contributed by atoms with Gasteiger partial charge in [-0.1, -0.05) is 18.2 Å². The predicted octanol–water partition coefficient (Wildman–Crippen LogP) is 3.73. The van der Waals surface area contributed by atoms with Crippen molar-refractivity contribution in [3.63, 3.8) is 0 Å². The second-order valence-electron chi connectivity index (χ2n) is 7.86. The molecule has 2 N–H and O–H groups in total. The van der Waals surface area contributed by atoms with Gasteiger partial charge in [-0.25, -0.2) is 4.39 Å². The van der Waals surface area contributed by atoms with Crippen LogP contribution in [0.25, 0.3) is 0 Å². The Bertz CT molecular complexity index is 937. The third-order valence-electron chi connectivity index (χ3n) is 5.94. The lowest BCUT2D eigenvalue weighted by Crippen LogP contribution is -2.56. The van der Waals surface area contributed by atoms with Gasteiger partial charge in [0.2, 0.25) is 5.91 Å². The highest BCUT2D eigenvalue weighted by Crippen LogP contribution is 2.44. The Morgan fingerprint density at radius 1 is 1.24 bits per heavy atom. The van der Waals surface area contributed by atoms with Gasteiger partial charge < -0.3 is 15.4 Å². The van der Waals surface area contributed by atoms with Crippen LogP contribution in [0.1, 0.15) is 42.1 Å². The van der Waals surface area contributed by atoms with E-state index in [1.165, 1.54) is 13.0 Å². The average molecular weight is 396 g/mol. The summed E-state index contributed by atoms with van der Waals surface area (Å²) in [7, 11) is 0. The molecular formula is C23H25FN2O3. The lowest BCUT2D eigenvalue weighted by Gasteiger charge is -2.46. The fourth-order valence-corrected chi connectivity index (χ4v) is 4.50. The van der Waals surface area contributed by atoms with Gasteiger partial charge in [-0.05, 0) is 49.7 Å². The van der Waals surface area contributed by atoms with Crippen molar-refractivity contribution in [2.75, 3.05) is 18.4 Å². The largest absolute Gasteiger partial charge is 0.486 e. The number of ketones is 1. The predicted molar refractivity (Wildman–Crippen MR) is 109 cm³/mol. The topological polar surface area (TPSA) is 67.4 Å². The van der Waals surface area contributed by atoms with Gasteiger partial charge in [0.25, 0.3) is 0 Å². The highest BCUT2D eigenvalue weighted by molar-refractivity contribution is 6.03. The number of fused-ring (bicyclic) bond motifs is 1. The molecule has 2 heterocycles. The van der Waals surface area contributed by atoms with Crippen LogP contribution in [0.5, 0.6) is 5.75 Å². The number of hydrogen-bond donors (Lipinski definition) is 2. The van der Waals surface area contributed by atoms with Crippen molar-refractivity contribution in [3.05, 3.63) is 59.4 Å². The van der Waals surface area contributed by atoms with Gasteiger partial charge in [-0.15, -0.1) is 0 Å². The number of halogens is 1. The minimum absolute atomic E-state index is 0.0406. The zero-order chi connectivity index (χ0) is 20.4. The molecule has 5 nitrogen and oxygen atoms in total. The van der Waals surface area contributed by atoms with Crippen molar-refractivity contribution in [2.24, 2.45) is 5.92 Å². The molecule has 1 saturated heterocycles. The maximum atomic E-state index is 14.1. The summed E-state index contributed by atoms with van der Waals surface area (Å²) in [5, 5.41) is 6.07. The molecule has 1 atom stereocenters. The number of hydrogen-bond acceptors (Lipinski definition) is 4. The second kappa shape index (κ2) is 7.95. The maximum Gasteiger partial charge on any atom is 0.221 e. The van der Waals surface area contributed by atoms with E-state index in [-0.39, 0.29) is 23.4 Å². The average Bonchev–Trinajstić information content (AvgIpc) is 2.69. The van der Waals surface area contributed by atoms with E-state index in [9.17, 15) is 14.0 Å². The molecule has 2 aromatic rings. The van der Waals surface area contributed by atoms with Crippen LogP contribution in [0.2, 0.25) is 0 Å². The Balaban J connectivity index is 1.65. The molecule has 1 spiro atoms. The summed E-state index contributed by atoms with van der Waals surface area (Å²) in [6.07, 6.45) is 2.45.